The molecule has 1 fully saturated rings. The van der Waals surface area contributed by atoms with Crippen LogP contribution < -0.4 is 4.90 Å². The van der Waals surface area contributed by atoms with Crippen molar-refractivity contribution in [2.45, 2.75) is 0 Å². The van der Waals surface area contributed by atoms with Crippen LogP contribution in [-0.2, 0) is 0 Å². The summed E-state index contributed by atoms with van der Waals surface area (Å²) in [5, 5.41) is 2.64. The third kappa shape index (κ3) is 3.42. The number of amides is 1. The average molecular weight is 386 g/mol. The van der Waals surface area contributed by atoms with Crippen LogP contribution in [-0.4, -0.2) is 37.0 Å². The lowest BCUT2D eigenvalue weighted by molar-refractivity contribution is 0.0747. The number of piperazine rings is 1. The van der Waals surface area contributed by atoms with Crippen molar-refractivity contribution >= 4 is 50.5 Å². The van der Waals surface area contributed by atoms with Crippen LogP contribution in [0.25, 0.3) is 0 Å². The second kappa shape index (κ2) is 6.38. The van der Waals surface area contributed by atoms with Gasteiger partial charge in [0, 0.05) is 42.3 Å². The van der Waals surface area contributed by atoms with E-state index >= 15 is 0 Å². The van der Waals surface area contributed by atoms with Crippen molar-refractivity contribution in [3.63, 3.8) is 0 Å². The molecule has 2 heterocycles. The lowest BCUT2D eigenvalue weighted by atomic mass is 10.2. The van der Waals surface area contributed by atoms with E-state index in [0.717, 1.165) is 46.2 Å². The largest absolute Gasteiger partial charge is 0.368 e. The molecule has 1 aromatic carbocycles. The molecule has 3 rings (SSSR count). The van der Waals surface area contributed by atoms with Gasteiger partial charge in [-0.2, -0.15) is 0 Å². The smallest absolute Gasteiger partial charge is 0.254 e. The van der Waals surface area contributed by atoms with E-state index in [1.807, 2.05) is 34.5 Å². The highest BCUT2D eigenvalue weighted by molar-refractivity contribution is 9.11. The van der Waals surface area contributed by atoms with Crippen LogP contribution in [0.2, 0.25) is 5.02 Å². The topological polar surface area (TPSA) is 23.6 Å². The lowest BCUT2D eigenvalue weighted by Crippen LogP contribution is -2.48. The summed E-state index contributed by atoms with van der Waals surface area (Å²) in [5.41, 5.74) is 1.89. The van der Waals surface area contributed by atoms with Gasteiger partial charge in [-0.05, 0) is 40.2 Å². The SMILES string of the molecule is O=C(c1csc(Br)c1)N1CCN(c2cccc(Cl)c2)CC1. The van der Waals surface area contributed by atoms with Crippen LogP contribution >= 0.6 is 38.9 Å². The Morgan fingerprint density at radius 2 is 1.95 bits per heavy atom. The van der Waals surface area contributed by atoms with Crippen molar-refractivity contribution in [2.75, 3.05) is 31.1 Å². The monoisotopic (exact) mass is 384 g/mol. The first-order valence-corrected chi connectivity index (χ1v) is 8.72. The van der Waals surface area contributed by atoms with Crippen LogP contribution in [0.5, 0.6) is 0 Å². The molecule has 0 bridgehead atoms. The van der Waals surface area contributed by atoms with Gasteiger partial charge in [0.15, 0.2) is 0 Å². The molecule has 6 heteroatoms. The van der Waals surface area contributed by atoms with E-state index in [9.17, 15) is 4.79 Å². The highest BCUT2D eigenvalue weighted by Crippen LogP contribution is 2.24. The summed E-state index contributed by atoms with van der Waals surface area (Å²) < 4.78 is 0.989. The van der Waals surface area contributed by atoms with Gasteiger partial charge >= 0.3 is 0 Å². The fourth-order valence-corrected chi connectivity index (χ4v) is 3.76. The van der Waals surface area contributed by atoms with E-state index in [0.29, 0.717) is 0 Å². The molecule has 3 nitrogen and oxygen atoms in total. The van der Waals surface area contributed by atoms with Crippen molar-refractivity contribution in [3.05, 3.63) is 50.1 Å². The molecule has 21 heavy (non-hydrogen) atoms. The van der Waals surface area contributed by atoms with E-state index in [1.165, 1.54) is 11.3 Å². The molecule has 1 aliphatic rings. The predicted octanol–water partition coefficient (Wildman–Crippen LogP) is 4.13. The Morgan fingerprint density at radius 3 is 2.57 bits per heavy atom. The van der Waals surface area contributed by atoms with E-state index in [4.69, 9.17) is 11.6 Å². The summed E-state index contributed by atoms with van der Waals surface area (Å²) in [6, 6.07) is 9.74. The third-order valence-corrected chi connectivity index (χ3v) is 5.29. The lowest BCUT2D eigenvalue weighted by Gasteiger charge is -2.36. The molecule has 1 aliphatic heterocycles. The Hall–Kier alpha value is -1.04. The zero-order valence-electron chi connectivity index (χ0n) is 11.3. The van der Waals surface area contributed by atoms with E-state index < -0.39 is 0 Å². The Morgan fingerprint density at radius 1 is 1.19 bits per heavy atom. The maximum Gasteiger partial charge on any atom is 0.254 e. The molecule has 0 unspecified atom stereocenters. The fourth-order valence-electron chi connectivity index (χ4n) is 2.45. The van der Waals surface area contributed by atoms with Crippen molar-refractivity contribution < 1.29 is 4.79 Å². The zero-order valence-corrected chi connectivity index (χ0v) is 14.4. The van der Waals surface area contributed by atoms with Crippen molar-refractivity contribution in [2.24, 2.45) is 0 Å². The molecule has 0 radical (unpaired) electrons. The number of hydrogen-bond donors (Lipinski definition) is 0. The molecule has 0 N–H and O–H groups in total. The number of hydrogen-bond acceptors (Lipinski definition) is 3. The minimum atomic E-state index is 0.114. The van der Waals surface area contributed by atoms with Crippen molar-refractivity contribution in [1.82, 2.24) is 4.90 Å². The summed E-state index contributed by atoms with van der Waals surface area (Å²) >= 11 is 11.0. The quantitative estimate of drug-likeness (QED) is 0.776. The number of halogens is 2. The molecule has 2 aromatic rings. The van der Waals surface area contributed by atoms with Gasteiger partial charge in [-0.15, -0.1) is 11.3 Å². The third-order valence-electron chi connectivity index (χ3n) is 3.55. The maximum atomic E-state index is 12.4. The molecule has 1 amide bonds. The summed E-state index contributed by atoms with van der Waals surface area (Å²) in [7, 11) is 0. The zero-order chi connectivity index (χ0) is 14.8. The van der Waals surface area contributed by atoms with Crippen LogP contribution in [0.4, 0.5) is 5.69 Å². The molecule has 0 aliphatic carbocycles. The summed E-state index contributed by atoms with van der Waals surface area (Å²) in [4.78, 5) is 16.6. The number of rotatable bonds is 2. The van der Waals surface area contributed by atoms with E-state index in [-0.39, 0.29) is 5.91 Å². The van der Waals surface area contributed by atoms with E-state index in [2.05, 4.69) is 26.9 Å². The molecule has 0 saturated carbocycles. The van der Waals surface area contributed by atoms with Crippen LogP contribution in [0.1, 0.15) is 10.4 Å². The minimum absolute atomic E-state index is 0.114. The fraction of sp³-hybridized carbons (Fsp3) is 0.267. The molecule has 0 spiro atoms. The standard InChI is InChI=1S/C15H14BrClN2OS/c16-14-8-11(10-21-14)15(20)19-6-4-18(5-7-19)13-3-1-2-12(17)9-13/h1-3,8-10H,4-7H2. The summed E-state index contributed by atoms with van der Waals surface area (Å²) in [6.07, 6.45) is 0. The number of benzene rings is 1. The Balaban J connectivity index is 1.64. The van der Waals surface area contributed by atoms with Gasteiger partial charge in [0.05, 0.1) is 9.35 Å². The van der Waals surface area contributed by atoms with Gasteiger partial charge in [-0.3, -0.25) is 4.79 Å². The van der Waals surface area contributed by atoms with Crippen LogP contribution in [0.15, 0.2) is 39.5 Å². The second-order valence-corrected chi connectivity index (χ2v) is 7.63. The van der Waals surface area contributed by atoms with Crippen molar-refractivity contribution in [1.29, 1.82) is 0 Å². The molecular formula is C15H14BrClN2OS. The molecule has 0 atom stereocenters. The molecule has 1 saturated heterocycles. The van der Waals surface area contributed by atoms with Gasteiger partial charge in [0.2, 0.25) is 0 Å². The number of anilines is 1. The van der Waals surface area contributed by atoms with Crippen LogP contribution in [0.3, 0.4) is 0 Å². The Bertz CT molecular complexity index is 653. The highest BCUT2D eigenvalue weighted by atomic mass is 79.9. The van der Waals surface area contributed by atoms with Gasteiger partial charge in [-0.25, -0.2) is 0 Å². The van der Waals surface area contributed by atoms with Gasteiger partial charge in [0.25, 0.3) is 5.91 Å². The predicted molar refractivity (Wildman–Crippen MR) is 91.6 cm³/mol. The van der Waals surface area contributed by atoms with E-state index in [1.54, 1.807) is 0 Å². The van der Waals surface area contributed by atoms with Crippen LogP contribution in [0, 0.1) is 0 Å². The highest BCUT2D eigenvalue weighted by Gasteiger charge is 2.23. The molecular weight excluding hydrogens is 372 g/mol. The minimum Gasteiger partial charge on any atom is -0.368 e. The maximum absolute atomic E-state index is 12.4. The first-order valence-electron chi connectivity index (χ1n) is 6.67. The summed E-state index contributed by atoms with van der Waals surface area (Å²) in [6.45, 7) is 3.13. The first kappa shape index (κ1) is 14.9. The number of thiophene rings is 1. The number of carbonyl (C=O) groups is 1. The first-order chi connectivity index (χ1) is 10.1. The van der Waals surface area contributed by atoms with Gasteiger partial charge in [-0.1, -0.05) is 17.7 Å². The van der Waals surface area contributed by atoms with Gasteiger partial charge < -0.3 is 9.80 Å². The number of carbonyl (C=O) groups excluding carboxylic acids is 1. The number of nitrogens with zero attached hydrogens (tertiary/aromatic N) is 2. The van der Waals surface area contributed by atoms with Crippen molar-refractivity contribution in [3.8, 4) is 0 Å². The summed E-state index contributed by atoms with van der Waals surface area (Å²) in [5.74, 6) is 0.114. The normalized spacial score (nSPS) is 15.3. The molecule has 110 valence electrons. The average Bonchev–Trinajstić information content (AvgIpc) is 2.93. The van der Waals surface area contributed by atoms with Gasteiger partial charge in [0.1, 0.15) is 0 Å². The Labute approximate surface area is 141 Å². The molecule has 1 aromatic heterocycles. The second-order valence-electron chi connectivity index (χ2n) is 4.90. The Kier molecular flexibility index (Phi) is 4.52.